The number of fused-ring (bicyclic) bond motifs is 1. The molecule has 5 nitrogen and oxygen atoms in total. The van der Waals surface area contributed by atoms with Crippen LogP contribution in [0.5, 0.6) is 5.75 Å². The smallest absolute Gasteiger partial charge is 0.260 e. The van der Waals surface area contributed by atoms with E-state index >= 15 is 0 Å². The average Bonchev–Trinajstić information content (AvgIpc) is 2.74. The van der Waals surface area contributed by atoms with Crippen molar-refractivity contribution >= 4 is 11.6 Å². The Morgan fingerprint density at radius 2 is 1.86 bits per heavy atom. The van der Waals surface area contributed by atoms with E-state index in [0.29, 0.717) is 0 Å². The van der Waals surface area contributed by atoms with Crippen molar-refractivity contribution in [3.63, 3.8) is 0 Å². The first-order chi connectivity index (χ1) is 13.6. The highest BCUT2D eigenvalue weighted by atomic mass is 16.5. The van der Waals surface area contributed by atoms with Crippen molar-refractivity contribution in [2.75, 3.05) is 37.7 Å². The maximum Gasteiger partial charge on any atom is 0.260 e. The monoisotopic (exact) mass is 379 g/mol. The molecule has 1 amide bonds. The van der Waals surface area contributed by atoms with Gasteiger partial charge in [0, 0.05) is 49.3 Å². The molecule has 0 spiro atoms. The standard InChI is InChI=1S/C23H29N3O2/c1-17-7-8-18(2)21(15-17)25-11-13-26(14-12-25)23(27)16-28-22-9-10-24-20-6-4-3-5-19(20)22/h7-10,15H,3-6,11-14,16H2,1-2H3. The van der Waals surface area contributed by atoms with Crippen LogP contribution in [-0.4, -0.2) is 48.6 Å². The summed E-state index contributed by atoms with van der Waals surface area (Å²) in [6, 6.07) is 8.46. The number of anilines is 1. The van der Waals surface area contributed by atoms with Crippen LogP contribution >= 0.6 is 0 Å². The van der Waals surface area contributed by atoms with Crippen LogP contribution in [0.3, 0.4) is 0 Å². The molecule has 4 rings (SSSR count). The van der Waals surface area contributed by atoms with Gasteiger partial charge in [-0.3, -0.25) is 9.78 Å². The van der Waals surface area contributed by atoms with Crippen LogP contribution < -0.4 is 9.64 Å². The third-order valence-corrected chi connectivity index (χ3v) is 5.88. The van der Waals surface area contributed by atoms with Crippen LogP contribution in [0.15, 0.2) is 30.5 Å². The molecule has 1 fully saturated rings. The Labute approximate surface area is 167 Å². The van der Waals surface area contributed by atoms with Crippen molar-refractivity contribution in [3.05, 3.63) is 52.8 Å². The number of aromatic nitrogens is 1. The summed E-state index contributed by atoms with van der Waals surface area (Å²) >= 11 is 0. The molecular weight excluding hydrogens is 350 g/mol. The second-order valence-corrected chi connectivity index (χ2v) is 7.89. The predicted molar refractivity (Wildman–Crippen MR) is 111 cm³/mol. The molecule has 148 valence electrons. The summed E-state index contributed by atoms with van der Waals surface area (Å²) in [7, 11) is 0. The molecule has 0 saturated carbocycles. The van der Waals surface area contributed by atoms with Crippen LogP contribution in [0.25, 0.3) is 0 Å². The number of hydrogen-bond acceptors (Lipinski definition) is 4. The van der Waals surface area contributed by atoms with E-state index in [0.717, 1.165) is 50.5 Å². The highest BCUT2D eigenvalue weighted by molar-refractivity contribution is 5.78. The summed E-state index contributed by atoms with van der Waals surface area (Å²) < 4.78 is 5.92. The lowest BCUT2D eigenvalue weighted by Crippen LogP contribution is -2.50. The van der Waals surface area contributed by atoms with Gasteiger partial charge in [-0.15, -0.1) is 0 Å². The van der Waals surface area contributed by atoms with Gasteiger partial charge >= 0.3 is 0 Å². The number of pyridine rings is 1. The lowest BCUT2D eigenvalue weighted by Gasteiger charge is -2.37. The van der Waals surface area contributed by atoms with Crippen LogP contribution in [0, 0.1) is 13.8 Å². The van der Waals surface area contributed by atoms with E-state index < -0.39 is 0 Å². The maximum absolute atomic E-state index is 12.7. The number of hydrogen-bond donors (Lipinski definition) is 0. The topological polar surface area (TPSA) is 45.7 Å². The summed E-state index contributed by atoms with van der Waals surface area (Å²) in [5, 5.41) is 0. The molecule has 0 bridgehead atoms. The Balaban J connectivity index is 1.33. The predicted octanol–water partition coefficient (Wildman–Crippen LogP) is 3.30. The van der Waals surface area contributed by atoms with Crippen molar-refractivity contribution in [1.29, 1.82) is 0 Å². The molecule has 0 radical (unpaired) electrons. The summed E-state index contributed by atoms with van der Waals surface area (Å²) in [5.74, 6) is 0.911. The van der Waals surface area contributed by atoms with Gasteiger partial charge in [-0.05, 0) is 62.8 Å². The van der Waals surface area contributed by atoms with Gasteiger partial charge in [0.1, 0.15) is 5.75 Å². The number of aryl methyl sites for hydroxylation is 3. The molecule has 2 aromatic rings. The fourth-order valence-electron chi connectivity index (χ4n) is 4.22. The number of ether oxygens (including phenoxy) is 1. The van der Waals surface area contributed by atoms with Crippen molar-refractivity contribution in [2.24, 2.45) is 0 Å². The number of carbonyl (C=O) groups excluding carboxylic acids is 1. The molecule has 5 heteroatoms. The molecule has 1 saturated heterocycles. The Bertz CT molecular complexity index is 857. The van der Waals surface area contributed by atoms with Crippen molar-refractivity contribution in [3.8, 4) is 5.75 Å². The summed E-state index contributed by atoms with van der Waals surface area (Å²) in [6.07, 6.45) is 6.17. The molecule has 0 N–H and O–H groups in total. The highest BCUT2D eigenvalue weighted by Gasteiger charge is 2.23. The van der Waals surface area contributed by atoms with Gasteiger partial charge in [0.25, 0.3) is 5.91 Å². The van der Waals surface area contributed by atoms with E-state index in [4.69, 9.17) is 4.74 Å². The van der Waals surface area contributed by atoms with E-state index in [1.807, 2.05) is 11.0 Å². The first-order valence-electron chi connectivity index (χ1n) is 10.3. The Hall–Kier alpha value is -2.56. The normalized spacial score (nSPS) is 16.6. The fraction of sp³-hybridized carbons (Fsp3) is 0.478. The average molecular weight is 380 g/mol. The third-order valence-electron chi connectivity index (χ3n) is 5.88. The molecule has 0 unspecified atom stereocenters. The van der Waals surface area contributed by atoms with Gasteiger partial charge in [-0.2, -0.15) is 0 Å². The Morgan fingerprint density at radius 1 is 1.07 bits per heavy atom. The third kappa shape index (κ3) is 3.98. The largest absolute Gasteiger partial charge is 0.483 e. The van der Waals surface area contributed by atoms with E-state index in [9.17, 15) is 4.79 Å². The maximum atomic E-state index is 12.7. The zero-order valence-electron chi connectivity index (χ0n) is 16.9. The molecule has 2 aliphatic rings. The minimum Gasteiger partial charge on any atom is -0.483 e. The van der Waals surface area contributed by atoms with Gasteiger partial charge in [-0.25, -0.2) is 0 Å². The quantitative estimate of drug-likeness (QED) is 0.818. The molecular formula is C23H29N3O2. The fourth-order valence-corrected chi connectivity index (χ4v) is 4.22. The molecule has 1 aliphatic carbocycles. The zero-order chi connectivity index (χ0) is 19.5. The van der Waals surface area contributed by atoms with E-state index in [1.54, 1.807) is 6.20 Å². The van der Waals surface area contributed by atoms with Crippen LogP contribution in [-0.2, 0) is 17.6 Å². The van der Waals surface area contributed by atoms with Crippen LogP contribution in [0.2, 0.25) is 0 Å². The lowest BCUT2D eigenvalue weighted by molar-refractivity contribution is -0.133. The molecule has 1 aromatic carbocycles. The second-order valence-electron chi connectivity index (χ2n) is 7.89. The number of nitrogens with zero attached hydrogens (tertiary/aromatic N) is 3. The lowest BCUT2D eigenvalue weighted by atomic mass is 9.95. The first kappa shape index (κ1) is 18.8. The van der Waals surface area contributed by atoms with E-state index in [2.05, 4.69) is 41.9 Å². The van der Waals surface area contributed by atoms with Gasteiger partial charge in [-0.1, -0.05) is 12.1 Å². The first-order valence-corrected chi connectivity index (χ1v) is 10.3. The van der Waals surface area contributed by atoms with Gasteiger partial charge < -0.3 is 14.5 Å². The van der Waals surface area contributed by atoms with E-state index in [1.165, 1.54) is 35.2 Å². The van der Waals surface area contributed by atoms with Crippen molar-refractivity contribution < 1.29 is 9.53 Å². The number of rotatable bonds is 4. The zero-order valence-corrected chi connectivity index (χ0v) is 16.9. The van der Waals surface area contributed by atoms with Gasteiger partial charge in [0.05, 0.1) is 0 Å². The summed E-state index contributed by atoms with van der Waals surface area (Å²) in [5.41, 5.74) is 6.18. The number of piperazine rings is 1. The van der Waals surface area contributed by atoms with E-state index in [-0.39, 0.29) is 12.5 Å². The van der Waals surface area contributed by atoms with Crippen LogP contribution in [0.1, 0.15) is 35.2 Å². The van der Waals surface area contributed by atoms with Gasteiger partial charge in [0.15, 0.2) is 6.61 Å². The minimum atomic E-state index is 0.0713. The molecule has 0 atom stereocenters. The second kappa shape index (κ2) is 8.21. The van der Waals surface area contributed by atoms with Crippen molar-refractivity contribution in [1.82, 2.24) is 9.88 Å². The highest BCUT2D eigenvalue weighted by Crippen LogP contribution is 2.28. The Morgan fingerprint density at radius 3 is 2.68 bits per heavy atom. The minimum absolute atomic E-state index is 0.0713. The SMILES string of the molecule is Cc1ccc(C)c(N2CCN(C(=O)COc3ccnc4c3CCCC4)CC2)c1. The van der Waals surface area contributed by atoms with Gasteiger partial charge in [0.2, 0.25) is 0 Å². The Kier molecular flexibility index (Phi) is 5.51. The number of benzene rings is 1. The van der Waals surface area contributed by atoms with Crippen LogP contribution in [0.4, 0.5) is 5.69 Å². The van der Waals surface area contributed by atoms with Crippen molar-refractivity contribution in [2.45, 2.75) is 39.5 Å². The number of carbonyl (C=O) groups is 1. The molecule has 2 heterocycles. The summed E-state index contributed by atoms with van der Waals surface area (Å²) in [4.78, 5) is 21.4. The molecule has 28 heavy (non-hydrogen) atoms. The molecule has 1 aromatic heterocycles. The molecule has 1 aliphatic heterocycles. The number of amides is 1. The summed E-state index contributed by atoms with van der Waals surface area (Å²) in [6.45, 7) is 7.59.